The van der Waals surface area contributed by atoms with E-state index in [1.807, 2.05) is 64.0 Å². The van der Waals surface area contributed by atoms with Crippen LogP contribution in [0.15, 0.2) is 24.3 Å². The molecule has 1 aliphatic rings. The van der Waals surface area contributed by atoms with Crippen molar-refractivity contribution >= 4 is 15.7 Å². The number of anilines is 1. The van der Waals surface area contributed by atoms with Crippen molar-refractivity contribution in [1.82, 2.24) is 9.79 Å². The highest BCUT2D eigenvalue weighted by molar-refractivity contribution is 7.90. The molecule has 6 nitrogen and oxygen atoms in total. The van der Waals surface area contributed by atoms with E-state index in [0.29, 0.717) is 0 Å². The molecule has 0 aromatic heterocycles. The van der Waals surface area contributed by atoms with Crippen molar-refractivity contribution in [2.24, 2.45) is 0 Å². The maximum Gasteiger partial charge on any atom is 0.219 e. The lowest BCUT2D eigenvalue weighted by molar-refractivity contribution is -0.110. The van der Waals surface area contributed by atoms with Crippen LogP contribution in [0.25, 0.3) is 0 Å². The minimum Gasteiger partial charge on any atom is -0.378 e. The van der Waals surface area contributed by atoms with Crippen molar-refractivity contribution in [1.29, 1.82) is 0 Å². The summed E-state index contributed by atoms with van der Waals surface area (Å²) >= 11 is 0. The van der Waals surface area contributed by atoms with Gasteiger partial charge in [0.05, 0.1) is 12.6 Å². The second-order valence-electron chi connectivity index (χ2n) is 7.21. The normalized spacial score (nSPS) is 23.2. The number of hydroxylamine groups is 2. The first-order chi connectivity index (χ1) is 10.5. The number of rotatable bonds is 4. The van der Waals surface area contributed by atoms with E-state index in [1.54, 1.807) is 12.1 Å². The van der Waals surface area contributed by atoms with Gasteiger partial charge >= 0.3 is 0 Å². The Bertz CT molecular complexity index is 636. The van der Waals surface area contributed by atoms with Crippen LogP contribution in [-0.4, -0.2) is 52.0 Å². The highest BCUT2D eigenvalue weighted by atomic mass is 32.2. The van der Waals surface area contributed by atoms with E-state index in [9.17, 15) is 8.42 Å². The van der Waals surface area contributed by atoms with Gasteiger partial charge in [0.1, 0.15) is 5.25 Å². The average molecular weight is 341 g/mol. The molecule has 0 amide bonds. The molecule has 0 spiro atoms. The zero-order valence-electron chi connectivity index (χ0n) is 14.7. The Balaban J connectivity index is 2.31. The monoisotopic (exact) mass is 341 g/mol. The van der Waals surface area contributed by atoms with E-state index in [4.69, 9.17) is 4.84 Å². The van der Waals surface area contributed by atoms with Gasteiger partial charge in [-0.25, -0.2) is 13.1 Å². The lowest BCUT2D eigenvalue weighted by Crippen LogP contribution is -2.47. The van der Waals surface area contributed by atoms with Gasteiger partial charge in [0.15, 0.2) is 0 Å². The highest BCUT2D eigenvalue weighted by Crippen LogP contribution is 2.34. The molecule has 7 heteroatoms. The molecule has 23 heavy (non-hydrogen) atoms. The predicted octanol–water partition coefficient (Wildman–Crippen LogP) is 1.76. The summed E-state index contributed by atoms with van der Waals surface area (Å²) in [7, 11) is 2.22. The third-order valence-electron chi connectivity index (χ3n) is 3.78. The molecule has 1 aromatic carbocycles. The maximum absolute atomic E-state index is 12.7. The predicted molar refractivity (Wildman–Crippen MR) is 92.8 cm³/mol. The smallest absolute Gasteiger partial charge is 0.219 e. The summed E-state index contributed by atoms with van der Waals surface area (Å²) in [6.45, 7) is 5.67. The van der Waals surface area contributed by atoms with Crippen molar-refractivity contribution in [2.45, 2.75) is 37.6 Å². The Labute approximate surface area is 139 Å². The molecule has 0 saturated carbocycles. The van der Waals surface area contributed by atoms with Crippen molar-refractivity contribution in [3.05, 3.63) is 29.8 Å². The molecule has 1 saturated heterocycles. The van der Waals surface area contributed by atoms with Crippen LogP contribution in [0.4, 0.5) is 5.69 Å². The molecule has 1 aromatic rings. The second-order valence-corrected chi connectivity index (χ2v) is 9.11. The molecule has 2 unspecified atom stereocenters. The lowest BCUT2D eigenvalue weighted by Gasteiger charge is -2.27. The Morgan fingerprint density at radius 3 is 2.26 bits per heavy atom. The minimum absolute atomic E-state index is 0.155. The maximum atomic E-state index is 12.7. The number of hydrogen-bond donors (Lipinski definition) is 1. The molecule has 2 atom stereocenters. The van der Waals surface area contributed by atoms with Crippen molar-refractivity contribution in [3.8, 4) is 0 Å². The van der Waals surface area contributed by atoms with E-state index in [2.05, 4.69) is 4.72 Å². The average Bonchev–Trinajstić information content (AvgIpc) is 2.79. The zero-order valence-corrected chi connectivity index (χ0v) is 15.5. The molecule has 0 radical (unpaired) electrons. The fourth-order valence-electron chi connectivity index (χ4n) is 2.75. The zero-order chi connectivity index (χ0) is 17.4. The summed E-state index contributed by atoms with van der Waals surface area (Å²) in [5.74, 6) is 0. The van der Waals surface area contributed by atoms with Gasteiger partial charge in [0.25, 0.3) is 0 Å². The van der Waals surface area contributed by atoms with Crippen LogP contribution in [-0.2, 0) is 14.9 Å². The van der Waals surface area contributed by atoms with Gasteiger partial charge in [0, 0.05) is 32.4 Å². The SMILES string of the molecule is CN(C)c1ccc(C2C(S(=O)(=O)NC(C)(C)C)CON2C)cc1. The van der Waals surface area contributed by atoms with Crippen LogP contribution >= 0.6 is 0 Å². The summed E-state index contributed by atoms with van der Waals surface area (Å²) in [6.07, 6.45) is 0. The largest absolute Gasteiger partial charge is 0.378 e. The minimum atomic E-state index is -3.50. The molecule has 1 N–H and O–H groups in total. The Hall–Kier alpha value is -1.15. The first-order valence-corrected chi connectivity index (χ1v) is 9.22. The molecule has 130 valence electrons. The molecule has 2 rings (SSSR count). The van der Waals surface area contributed by atoms with Gasteiger partial charge in [-0.15, -0.1) is 0 Å². The summed E-state index contributed by atoms with van der Waals surface area (Å²) in [4.78, 5) is 7.52. The van der Waals surface area contributed by atoms with Gasteiger partial charge in [-0.3, -0.25) is 4.84 Å². The number of benzene rings is 1. The first-order valence-electron chi connectivity index (χ1n) is 7.67. The molecule has 0 bridgehead atoms. The first kappa shape index (κ1) is 18.2. The number of nitrogens with zero attached hydrogens (tertiary/aromatic N) is 2. The standard InChI is InChI=1S/C16H27N3O3S/c1-16(2,3)17-23(20,21)14-11-22-19(6)15(14)12-7-9-13(10-8-12)18(4)5/h7-10,14-15,17H,11H2,1-6H3. The van der Waals surface area contributed by atoms with Crippen molar-refractivity contribution < 1.29 is 13.3 Å². The highest BCUT2D eigenvalue weighted by Gasteiger charge is 2.44. The fraction of sp³-hybridized carbons (Fsp3) is 0.625. The quantitative estimate of drug-likeness (QED) is 0.904. The Morgan fingerprint density at radius 2 is 1.78 bits per heavy atom. The topological polar surface area (TPSA) is 61.9 Å². The van der Waals surface area contributed by atoms with Gasteiger partial charge in [-0.1, -0.05) is 12.1 Å². The van der Waals surface area contributed by atoms with Gasteiger partial charge in [0.2, 0.25) is 10.0 Å². The van der Waals surface area contributed by atoms with Crippen LogP contribution in [0.2, 0.25) is 0 Å². The van der Waals surface area contributed by atoms with E-state index in [0.717, 1.165) is 11.3 Å². The number of hydrogen-bond acceptors (Lipinski definition) is 5. The van der Waals surface area contributed by atoms with Crippen LogP contribution in [0.1, 0.15) is 32.4 Å². The van der Waals surface area contributed by atoms with E-state index >= 15 is 0 Å². The summed E-state index contributed by atoms with van der Waals surface area (Å²) in [5.41, 5.74) is 1.49. The summed E-state index contributed by atoms with van der Waals surface area (Å²) < 4.78 is 28.2. The molecule has 1 aliphatic heterocycles. The van der Waals surface area contributed by atoms with Crippen molar-refractivity contribution in [3.63, 3.8) is 0 Å². The van der Waals surface area contributed by atoms with Gasteiger partial charge < -0.3 is 4.90 Å². The lowest BCUT2D eigenvalue weighted by atomic mass is 10.0. The molecule has 1 heterocycles. The van der Waals surface area contributed by atoms with Crippen molar-refractivity contribution in [2.75, 3.05) is 32.6 Å². The van der Waals surface area contributed by atoms with Gasteiger partial charge in [-0.2, -0.15) is 5.06 Å². The fourth-order valence-corrected chi connectivity index (χ4v) is 4.67. The third kappa shape index (κ3) is 4.23. The molecule has 1 fully saturated rings. The summed E-state index contributed by atoms with van der Waals surface area (Å²) in [5, 5.41) is 0.994. The van der Waals surface area contributed by atoms with E-state index < -0.39 is 20.8 Å². The molecular formula is C16H27N3O3S. The Morgan fingerprint density at radius 1 is 1.22 bits per heavy atom. The Kier molecular flexibility index (Phi) is 5.06. The number of nitrogens with one attached hydrogen (secondary N) is 1. The van der Waals surface area contributed by atoms with Crippen LogP contribution < -0.4 is 9.62 Å². The van der Waals surface area contributed by atoms with Gasteiger partial charge in [-0.05, 0) is 38.5 Å². The second kappa shape index (κ2) is 6.39. The molecular weight excluding hydrogens is 314 g/mol. The van der Waals surface area contributed by atoms with E-state index in [-0.39, 0.29) is 12.6 Å². The number of sulfonamides is 1. The van der Waals surface area contributed by atoms with E-state index in [1.165, 1.54) is 0 Å². The third-order valence-corrected chi connectivity index (χ3v) is 5.87. The van der Waals surface area contributed by atoms with Crippen LogP contribution in [0.3, 0.4) is 0 Å². The van der Waals surface area contributed by atoms with Crippen LogP contribution in [0.5, 0.6) is 0 Å². The van der Waals surface area contributed by atoms with Crippen LogP contribution in [0, 0.1) is 0 Å². The summed E-state index contributed by atoms with van der Waals surface area (Å²) in [6, 6.07) is 7.58. The molecule has 0 aliphatic carbocycles.